The lowest BCUT2D eigenvalue weighted by atomic mass is 10.1. The van der Waals surface area contributed by atoms with Crippen LogP contribution in [0.4, 0.5) is 0 Å². The summed E-state index contributed by atoms with van der Waals surface area (Å²) in [5.41, 5.74) is 5.03. The number of carbonyl (C=O) groups is 2. The van der Waals surface area contributed by atoms with Crippen LogP contribution in [0.5, 0.6) is 5.75 Å². The Morgan fingerprint density at radius 3 is 2.38 bits per heavy atom. The van der Waals surface area contributed by atoms with Crippen LogP contribution in [0.1, 0.15) is 27.8 Å². The van der Waals surface area contributed by atoms with E-state index in [-0.39, 0.29) is 5.76 Å². The van der Waals surface area contributed by atoms with Crippen LogP contribution in [0.3, 0.4) is 0 Å². The van der Waals surface area contributed by atoms with E-state index in [1.807, 2.05) is 37.3 Å². The van der Waals surface area contributed by atoms with Gasteiger partial charge in [0.1, 0.15) is 5.75 Å². The van der Waals surface area contributed by atoms with Crippen LogP contribution in [0.2, 0.25) is 0 Å². The van der Waals surface area contributed by atoms with Crippen molar-refractivity contribution in [2.75, 3.05) is 6.61 Å². The molecule has 1 heterocycles. The molecule has 6 heteroatoms. The molecule has 3 rings (SSSR count). The average Bonchev–Trinajstić information content (AvgIpc) is 3.14. The number of benzene rings is 2. The molecule has 122 valence electrons. The molecule has 6 nitrogen and oxygen atoms in total. The third-order valence-electron chi connectivity index (χ3n) is 3.43. The zero-order valence-corrected chi connectivity index (χ0v) is 13.0. The third-order valence-corrected chi connectivity index (χ3v) is 3.43. The Morgan fingerprint density at radius 2 is 1.71 bits per heavy atom. The van der Waals surface area contributed by atoms with E-state index in [2.05, 4.69) is 10.9 Å². The number of furan rings is 1. The molecule has 2 aromatic carbocycles. The molecule has 24 heavy (non-hydrogen) atoms. The van der Waals surface area contributed by atoms with Gasteiger partial charge in [-0.3, -0.25) is 20.4 Å². The molecule has 0 aliphatic carbocycles. The minimum atomic E-state index is -0.535. The van der Waals surface area contributed by atoms with Gasteiger partial charge in [-0.1, -0.05) is 24.3 Å². The van der Waals surface area contributed by atoms with Crippen LogP contribution >= 0.6 is 0 Å². The van der Waals surface area contributed by atoms with Gasteiger partial charge in [0.15, 0.2) is 5.76 Å². The average molecular weight is 324 g/mol. The highest BCUT2D eigenvalue weighted by molar-refractivity contribution is 6.03. The Kier molecular flexibility index (Phi) is 4.47. The van der Waals surface area contributed by atoms with Crippen LogP contribution in [0, 0.1) is 0 Å². The monoisotopic (exact) mass is 324 g/mol. The highest BCUT2D eigenvalue weighted by Gasteiger charge is 2.16. The molecule has 3 aromatic rings. The Bertz CT molecular complexity index is 872. The van der Waals surface area contributed by atoms with Gasteiger partial charge >= 0.3 is 5.91 Å². The summed E-state index contributed by atoms with van der Waals surface area (Å²) in [7, 11) is 0. The topological polar surface area (TPSA) is 80.6 Å². The van der Waals surface area contributed by atoms with Crippen molar-refractivity contribution < 1.29 is 18.7 Å². The van der Waals surface area contributed by atoms with Gasteiger partial charge in [-0.15, -0.1) is 0 Å². The van der Waals surface area contributed by atoms with Crippen LogP contribution in [0.15, 0.2) is 59.2 Å². The fourth-order valence-corrected chi connectivity index (χ4v) is 2.32. The first-order valence-electron chi connectivity index (χ1n) is 7.49. The second kappa shape index (κ2) is 6.87. The van der Waals surface area contributed by atoms with Crippen LogP contribution in [-0.4, -0.2) is 18.4 Å². The summed E-state index contributed by atoms with van der Waals surface area (Å²) in [6.45, 7) is 2.27. The van der Waals surface area contributed by atoms with E-state index >= 15 is 0 Å². The number of ether oxygens (including phenoxy) is 1. The SMILES string of the molecule is CCOc1cc2ccccc2cc1C(=O)NNC(=O)c1ccco1. The predicted molar refractivity (Wildman–Crippen MR) is 88.8 cm³/mol. The van der Waals surface area contributed by atoms with Gasteiger partial charge in [-0.25, -0.2) is 0 Å². The van der Waals surface area contributed by atoms with Gasteiger partial charge in [0.25, 0.3) is 5.91 Å². The van der Waals surface area contributed by atoms with Crippen LogP contribution in [0.25, 0.3) is 10.8 Å². The van der Waals surface area contributed by atoms with Gasteiger partial charge in [-0.2, -0.15) is 0 Å². The maximum Gasteiger partial charge on any atom is 0.305 e. The number of nitrogens with one attached hydrogen (secondary N) is 2. The summed E-state index contributed by atoms with van der Waals surface area (Å²) in [6, 6.07) is 14.3. The largest absolute Gasteiger partial charge is 0.493 e. The number of rotatable bonds is 4. The second-order valence-corrected chi connectivity index (χ2v) is 5.01. The van der Waals surface area contributed by atoms with E-state index < -0.39 is 11.8 Å². The van der Waals surface area contributed by atoms with Crippen molar-refractivity contribution >= 4 is 22.6 Å². The maximum absolute atomic E-state index is 12.4. The van der Waals surface area contributed by atoms with Crippen molar-refractivity contribution in [2.24, 2.45) is 0 Å². The molecule has 2 amide bonds. The van der Waals surface area contributed by atoms with E-state index in [0.29, 0.717) is 17.9 Å². The van der Waals surface area contributed by atoms with Crippen molar-refractivity contribution in [1.29, 1.82) is 0 Å². The fraction of sp³-hybridized carbons (Fsp3) is 0.111. The van der Waals surface area contributed by atoms with Gasteiger partial charge in [0.2, 0.25) is 0 Å². The molecular weight excluding hydrogens is 308 g/mol. The Balaban J connectivity index is 1.82. The fourth-order valence-electron chi connectivity index (χ4n) is 2.32. The second-order valence-electron chi connectivity index (χ2n) is 5.01. The highest BCUT2D eigenvalue weighted by Crippen LogP contribution is 2.26. The number of hydrogen-bond donors (Lipinski definition) is 2. The van der Waals surface area contributed by atoms with Crippen molar-refractivity contribution in [3.63, 3.8) is 0 Å². The lowest BCUT2D eigenvalue weighted by Gasteiger charge is -2.12. The summed E-state index contributed by atoms with van der Waals surface area (Å²) < 4.78 is 10.5. The molecule has 0 radical (unpaired) electrons. The van der Waals surface area contributed by atoms with E-state index in [4.69, 9.17) is 9.15 Å². The molecule has 0 aliphatic rings. The normalized spacial score (nSPS) is 10.4. The zero-order valence-electron chi connectivity index (χ0n) is 13.0. The summed E-state index contributed by atoms with van der Waals surface area (Å²) in [5, 5.41) is 1.88. The van der Waals surface area contributed by atoms with Crippen molar-refractivity contribution in [3.8, 4) is 5.75 Å². The maximum atomic E-state index is 12.4. The number of fused-ring (bicyclic) bond motifs is 1. The number of hydrazine groups is 1. The Hall–Kier alpha value is -3.28. The summed E-state index contributed by atoms with van der Waals surface area (Å²) in [4.78, 5) is 24.2. The number of carbonyl (C=O) groups excluding carboxylic acids is 2. The first-order chi connectivity index (χ1) is 11.7. The minimum Gasteiger partial charge on any atom is -0.493 e. The van der Waals surface area contributed by atoms with Crippen molar-refractivity contribution in [3.05, 3.63) is 66.1 Å². The first kappa shape index (κ1) is 15.6. The smallest absolute Gasteiger partial charge is 0.305 e. The van der Waals surface area contributed by atoms with Gasteiger partial charge < -0.3 is 9.15 Å². The standard InChI is InChI=1S/C18H16N2O4/c1-2-23-16-11-13-7-4-3-6-12(13)10-14(16)17(21)19-20-18(22)15-8-5-9-24-15/h3-11H,2H2,1H3,(H,19,21)(H,20,22). The molecular formula is C18H16N2O4. The summed E-state index contributed by atoms with van der Waals surface area (Å²) in [6.07, 6.45) is 1.38. The van der Waals surface area contributed by atoms with E-state index in [1.165, 1.54) is 12.3 Å². The van der Waals surface area contributed by atoms with E-state index in [9.17, 15) is 9.59 Å². The van der Waals surface area contributed by atoms with Gasteiger partial charge in [-0.05, 0) is 42.0 Å². The minimum absolute atomic E-state index is 0.110. The zero-order chi connectivity index (χ0) is 16.9. The van der Waals surface area contributed by atoms with Crippen LogP contribution < -0.4 is 15.6 Å². The molecule has 1 aromatic heterocycles. The molecule has 0 aliphatic heterocycles. The lowest BCUT2D eigenvalue weighted by molar-refractivity contribution is 0.0829. The molecule has 0 saturated heterocycles. The molecule has 0 spiro atoms. The highest BCUT2D eigenvalue weighted by atomic mass is 16.5. The summed E-state index contributed by atoms with van der Waals surface area (Å²) >= 11 is 0. The third kappa shape index (κ3) is 3.22. The Morgan fingerprint density at radius 1 is 1.00 bits per heavy atom. The van der Waals surface area contributed by atoms with Crippen molar-refractivity contribution in [2.45, 2.75) is 6.92 Å². The van der Waals surface area contributed by atoms with Gasteiger partial charge in [0.05, 0.1) is 18.4 Å². The Labute approximate surface area is 138 Å². The number of amides is 2. The van der Waals surface area contributed by atoms with Crippen LogP contribution in [-0.2, 0) is 0 Å². The molecule has 0 unspecified atom stereocenters. The van der Waals surface area contributed by atoms with Gasteiger partial charge in [0, 0.05) is 0 Å². The summed E-state index contributed by atoms with van der Waals surface area (Å²) in [5.74, 6) is -0.434. The molecule has 2 N–H and O–H groups in total. The lowest BCUT2D eigenvalue weighted by Crippen LogP contribution is -2.41. The molecule has 0 bridgehead atoms. The quantitative estimate of drug-likeness (QED) is 0.723. The predicted octanol–water partition coefficient (Wildman–Crippen LogP) is 2.91. The van der Waals surface area contributed by atoms with E-state index in [0.717, 1.165) is 10.8 Å². The van der Waals surface area contributed by atoms with E-state index in [1.54, 1.807) is 12.1 Å². The van der Waals surface area contributed by atoms with Crippen molar-refractivity contribution in [1.82, 2.24) is 10.9 Å². The molecule has 0 saturated carbocycles. The molecule has 0 fully saturated rings. The first-order valence-corrected chi connectivity index (χ1v) is 7.49. The molecule has 0 atom stereocenters. The number of hydrogen-bond acceptors (Lipinski definition) is 4.